The lowest BCUT2D eigenvalue weighted by Gasteiger charge is -2.07. The molecule has 0 radical (unpaired) electrons. The summed E-state index contributed by atoms with van der Waals surface area (Å²) in [6, 6.07) is 6.18. The third-order valence-electron chi connectivity index (χ3n) is 2.62. The number of nitrogens with zero attached hydrogens (tertiary/aromatic N) is 2. The zero-order chi connectivity index (χ0) is 13.8. The molecule has 102 valence electrons. The van der Waals surface area contributed by atoms with Gasteiger partial charge in [-0.15, -0.1) is 5.10 Å². The minimum atomic E-state index is -0.206. The van der Waals surface area contributed by atoms with Gasteiger partial charge in [0.15, 0.2) is 5.16 Å². The Morgan fingerprint density at radius 2 is 2.32 bits per heavy atom. The van der Waals surface area contributed by atoms with Gasteiger partial charge in [0.2, 0.25) is 0 Å². The molecule has 0 bridgehead atoms. The van der Waals surface area contributed by atoms with Crippen molar-refractivity contribution in [2.45, 2.75) is 23.5 Å². The van der Waals surface area contributed by atoms with Crippen molar-refractivity contribution in [2.24, 2.45) is 7.05 Å². The summed E-state index contributed by atoms with van der Waals surface area (Å²) in [5.74, 6) is 0. The second-order valence-corrected chi connectivity index (χ2v) is 5.88. The molecule has 0 amide bonds. The second-order valence-electron chi connectivity index (χ2n) is 4.02. The van der Waals surface area contributed by atoms with Crippen LogP contribution in [0.25, 0.3) is 0 Å². The van der Waals surface area contributed by atoms with E-state index in [1.807, 2.05) is 6.07 Å². The number of rotatable bonds is 5. The van der Waals surface area contributed by atoms with Crippen molar-refractivity contribution in [2.75, 3.05) is 6.54 Å². The summed E-state index contributed by atoms with van der Waals surface area (Å²) >= 11 is 5.00. The standard InChI is InChI=1S/C12H15BrN4OS/c1-3-14-7-8-4-5-10(9(13)6-8)19-12-16-15-11(18)17(12)2/h4-6,14H,3,7H2,1-2H3,(H,15,18). The Kier molecular flexibility index (Phi) is 4.84. The first-order valence-corrected chi connectivity index (χ1v) is 7.51. The van der Waals surface area contributed by atoms with Crippen LogP contribution in [0.3, 0.4) is 0 Å². The van der Waals surface area contributed by atoms with Gasteiger partial charge in [-0.2, -0.15) is 0 Å². The Morgan fingerprint density at radius 3 is 2.89 bits per heavy atom. The Bertz CT molecular complexity index is 622. The molecule has 0 unspecified atom stereocenters. The molecule has 0 fully saturated rings. The monoisotopic (exact) mass is 342 g/mol. The largest absolute Gasteiger partial charge is 0.343 e. The number of aromatic nitrogens is 3. The number of halogens is 1. The molecule has 0 spiro atoms. The predicted octanol–water partition coefficient (Wildman–Crippen LogP) is 2.13. The van der Waals surface area contributed by atoms with E-state index in [-0.39, 0.29) is 5.69 Å². The molecule has 1 heterocycles. The summed E-state index contributed by atoms with van der Waals surface area (Å²) in [4.78, 5) is 12.3. The van der Waals surface area contributed by atoms with E-state index >= 15 is 0 Å². The van der Waals surface area contributed by atoms with E-state index in [9.17, 15) is 4.79 Å². The lowest BCUT2D eigenvalue weighted by Crippen LogP contribution is -2.12. The van der Waals surface area contributed by atoms with Crippen molar-refractivity contribution in [1.29, 1.82) is 0 Å². The van der Waals surface area contributed by atoms with Gasteiger partial charge in [0.1, 0.15) is 0 Å². The second kappa shape index (κ2) is 6.40. The van der Waals surface area contributed by atoms with Crippen molar-refractivity contribution < 1.29 is 0 Å². The average molecular weight is 343 g/mol. The molecule has 5 nitrogen and oxygen atoms in total. The van der Waals surface area contributed by atoms with Crippen LogP contribution < -0.4 is 11.0 Å². The summed E-state index contributed by atoms with van der Waals surface area (Å²) < 4.78 is 2.49. The van der Waals surface area contributed by atoms with Gasteiger partial charge in [-0.1, -0.05) is 13.0 Å². The van der Waals surface area contributed by atoms with Crippen molar-refractivity contribution in [1.82, 2.24) is 20.1 Å². The summed E-state index contributed by atoms with van der Waals surface area (Å²) in [6.45, 7) is 3.88. The van der Waals surface area contributed by atoms with E-state index < -0.39 is 0 Å². The van der Waals surface area contributed by atoms with Crippen LogP contribution in [0.4, 0.5) is 0 Å². The Hall–Kier alpha value is -1.05. The van der Waals surface area contributed by atoms with E-state index in [1.54, 1.807) is 7.05 Å². The fourth-order valence-electron chi connectivity index (χ4n) is 1.53. The van der Waals surface area contributed by atoms with Crippen LogP contribution >= 0.6 is 27.7 Å². The van der Waals surface area contributed by atoms with Gasteiger partial charge in [0, 0.05) is 23.0 Å². The molecule has 7 heteroatoms. The third-order valence-corrected chi connectivity index (χ3v) is 4.66. The SMILES string of the molecule is CCNCc1ccc(Sc2n[nH]c(=O)n2C)c(Br)c1. The number of nitrogens with one attached hydrogen (secondary N) is 2. The lowest BCUT2D eigenvalue weighted by molar-refractivity contribution is 0.726. The Balaban J connectivity index is 2.17. The Morgan fingerprint density at radius 1 is 1.53 bits per heavy atom. The summed E-state index contributed by atoms with van der Waals surface area (Å²) in [7, 11) is 1.70. The number of aromatic amines is 1. The van der Waals surface area contributed by atoms with E-state index in [1.165, 1.54) is 21.9 Å². The van der Waals surface area contributed by atoms with Crippen molar-refractivity contribution in [3.8, 4) is 0 Å². The van der Waals surface area contributed by atoms with Gasteiger partial charge < -0.3 is 5.32 Å². The highest BCUT2D eigenvalue weighted by Gasteiger charge is 2.09. The normalized spacial score (nSPS) is 10.9. The van der Waals surface area contributed by atoms with Crippen LogP contribution in [0.1, 0.15) is 12.5 Å². The molecule has 0 aliphatic carbocycles. The molecule has 1 aromatic heterocycles. The molecular formula is C12H15BrN4OS. The van der Waals surface area contributed by atoms with Crippen molar-refractivity contribution in [3.05, 3.63) is 38.7 Å². The van der Waals surface area contributed by atoms with Crippen LogP contribution in [0.2, 0.25) is 0 Å². The van der Waals surface area contributed by atoms with E-state index in [4.69, 9.17) is 0 Å². The number of hydrogen-bond acceptors (Lipinski definition) is 4. The highest BCUT2D eigenvalue weighted by molar-refractivity contribution is 9.10. The van der Waals surface area contributed by atoms with Crippen molar-refractivity contribution in [3.63, 3.8) is 0 Å². The maximum absolute atomic E-state index is 11.3. The van der Waals surface area contributed by atoms with Gasteiger partial charge in [0.25, 0.3) is 0 Å². The van der Waals surface area contributed by atoms with Crippen LogP contribution in [-0.4, -0.2) is 21.3 Å². The summed E-state index contributed by atoms with van der Waals surface area (Å²) in [5, 5.41) is 10.3. The fourth-order valence-corrected chi connectivity index (χ4v) is 3.00. The first kappa shape index (κ1) is 14.4. The van der Waals surface area contributed by atoms with Gasteiger partial charge >= 0.3 is 5.69 Å². The van der Waals surface area contributed by atoms with E-state index in [0.717, 1.165) is 22.5 Å². The molecular weight excluding hydrogens is 328 g/mol. The van der Waals surface area contributed by atoms with Gasteiger partial charge in [0.05, 0.1) is 0 Å². The number of hydrogen-bond donors (Lipinski definition) is 2. The smallest absolute Gasteiger partial charge is 0.313 e. The minimum Gasteiger partial charge on any atom is -0.313 e. The number of benzene rings is 1. The molecule has 0 aliphatic heterocycles. The number of H-pyrrole nitrogens is 1. The minimum absolute atomic E-state index is 0.206. The van der Waals surface area contributed by atoms with Crippen LogP contribution in [0, 0.1) is 0 Å². The van der Waals surface area contributed by atoms with E-state index in [0.29, 0.717) is 5.16 Å². The molecule has 0 saturated heterocycles. The van der Waals surface area contributed by atoms with Gasteiger partial charge in [-0.25, -0.2) is 9.89 Å². The fraction of sp³-hybridized carbons (Fsp3) is 0.333. The highest BCUT2D eigenvalue weighted by atomic mass is 79.9. The molecule has 0 aliphatic rings. The van der Waals surface area contributed by atoms with Crippen LogP contribution in [0.5, 0.6) is 0 Å². The first-order valence-electron chi connectivity index (χ1n) is 5.90. The molecule has 0 atom stereocenters. The Labute approximate surface area is 123 Å². The van der Waals surface area contributed by atoms with Gasteiger partial charge in [-0.05, 0) is 51.9 Å². The predicted molar refractivity (Wildman–Crippen MR) is 79.5 cm³/mol. The highest BCUT2D eigenvalue weighted by Crippen LogP contribution is 2.32. The molecule has 1 aromatic carbocycles. The first-order chi connectivity index (χ1) is 9.11. The maximum atomic E-state index is 11.3. The molecule has 0 saturated carbocycles. The van der Waals surface area contributed by atoms with Gasteiger partial charge in [-0.3, -0.25) is 4.57 Å². The van der Waals surface area contributed by atoms with Crippen molar-refractivity contribution >= 4 is 27.7 Å². The van der Waals surface area contributed by atoms with E-state index in [2.05, 4.69) is 50.5 Å². The lowest BCUT2D eigenvalue weighted by atomic mass is 10.2. The third kappa shape index (κ3) is 3.49. The summed E-state index contributed by atoms with van der Waals surface area (Å²) in [5.41, 5.74) is 1.01. The molecule has 2 aromatic rings. The topological polar surface area (TPSA) is 62.7 Å². The maximum Gasteiger partial charge on any atom is 0.343 e. The zero-order valence-electron chi connectivity index (χ0n) is 10.7. The average Bonchev–Trinajstić information content (AvgIpc) is 2.71. The molecule has 2 rings (SSSR count). The quantitative estimate of drug-likeness (QED) is 0.873. The molecule has 2 N–H and O–H groups in total. The molecule has 19 heavy (non-hydrogen) atoms. The summed E-state index contributed by atoms with van der Waals surface area (Å²) in [6.07, 6.45) is 0. The zero-order valence-corrected chi connectivity index (χ0v) is 13.1. The van der Waals surface area contributed by atoms with Crippen LogP contribution in [-0.2, 0) is 13.6 Å². The van der Waals surface area contributed by atoms with Crippen LogP contribution in [0.15, 0.2) is 37.5 Å².